The number of thiophene rings is 1. The van der Waals surface area contributed by atoms with Crippen LogP contribution in [0.4, 0.5) is 5.69 Å². The van der Waals surface area contributed by atoms with Crippen LogP contribution in [-0.4, -0.2) is 13.4 Å². The SMILES string of the molecule is O=S(=O)(Nc1cccc(/C=C/c2ccccn2)c1)c1cccs1. The molecule has 0 bridgehead atoms. The number of hydrogen-bond acceptors (Lipinski definition) is 4. The number of rotatable bonds is 5. The van der Waals surface area contributed by atoms with Gasteiger partial charge in [-0.2, -0.15) is 0 Å². The van der Waals surface area contributed by atoms with E-state index in [4.69, 9.17) is 0 Å². The van der Waals surface area contributed by atoms with Gasteiger partial charge < -0.3 is 0 Å². The molecule has 116 valence electrons. The van der Waals surface area contributed by atoms with Crippen molar-refractivity contribution in [1.82, 2.24) is 4.98 Å². The molecule has 0 aliphatic rings. The number of pyridine rings is 1. The zero-order chi connectivity index (χ0) is 16.1. The van der Waals surface area contributed by atoms with E-state index in [1.807, 2.05) is 42.5 Å². The maximum absolute atomic E-state index is 12.2. The van der Waals surface area contributed by atoms with Gasteiger partial charge in [-0.05, 0) is 47.4 Å². The van der Waals surface area contributed by atoms with E-state index in [2.05, 4.69) is 9.71 Å². The van der Waals surface area contributed by atoms with Gasteiger partial charge >= 0.3 is 0 Å². The van der Waals surface area contributed by atoms with Crippen LogP contribution >= 0.6 is 11.3 Å². The summed E-state index contributed by atoms with van der Waals surface area (Å²) in [5.74, 6) is 0. The van der Waals surface area contributed by atoms with Crippen LogP contribution in [0.5, 0.6) is 0 Å². The van der Waals surface area contributed by atoms with Crippen molar-refractivity contribution in [2.24, 2.45) is 0 Å². The summed E-state index contributed by atoms with van der Waals surface area (Å²) in [6.45, 7) is 0. The summed E-state index contributed by atoms with van der Waals surface area (Å²) in [4.78, 5) is 4.21. The molecule has 2 aromatic heterocycles. The Kier molecular flexibility index (Phi) is 4.55. The highest BCUT2D eigenvalue weighted by molar-refractivity contribution is 7.94. The molecule has 0 aliphatic carbocycles. The number of hydrogen-bond donors (Lipinski definition) is 1. The van der Waals surface area contributed by atoms with Gasteiger partial charge in [0.05, 0.1) is 5.69 Å². The molecule has 0 saturated carbocycles. The fourth-order valence-electron chi connectivity index (χ4n) is 1.98. The minimum atomic E-state index is -3.52. The lowest BCUT2D eigenvalue weighted by Crippen LogP contribution is -2.11. The second-order valence-electron chi connectivity index (χ2n) is 4.75. The van der Waals surface area contributed by atoms with E-state index < -0.39 is 10.0 Å². The zero-order valence-electron chi connectivity index (χ0n) is 12.1. The Hall–Kier alpha value is -2.44. The van der Waals surface area contributed by atoms with Crippen LogP contribution in [0.25, 0.3) is 12.2 Å². The van der Waals surface area contributed by atoms with Crippen LogP contribution in [0.15, 0.2) is 70.4 Å². The van der Waals surface area contributed by atoms with E-state index in [1.54, 1.807) is 35.8 Å². The molecule has 0 saturated heterocycles. The largest absolute Gasteiger partial charge is 0.279 e. The molecule has 3 aromatic rings. The van der Waals surface area contributed by atoms with Crippen LogP contribution in [0.1, 0.15) is 11.3 Å². The fraction of sp³-hybridized carbons (Fsp3) is 0. The zero-order valence-corrected chi connectivity index (χ0v) is 13.7. The quantitative estimate of drug-likeness (QED) is 0.759. The van der Waals surface area contributed by atoms with E-state index in [1.165, 1.54) is 11.3 Å². The molecule has 0 unspecified atom stereocenters. The van der Waals surface area contributed by atoms with Gasteiger partial charge in [0.2, 0.25) is 0 Å². The fourth-order valence-corrected chi connectivity index (χ4v) is 4.03. The number of aromatic nitrogens is 1. The third-order valence-electron chi connectivity index (χ3n) is 3.03. The molecule has 0 radical (unpaired) electrons. The van der Waals surface area contributed by atoms with Crippen LogP contribution in [0, 0.1) is 0 Å². The van der Waals surface area contributed by atoms with E-state index >= 15 is 0 Å². The summed E-state index contributed by atoms with van der Waals surface area (Å²) < 4.78 is 27.3. The Morgan fingerprint density at radius 3 is 2.65 bits per heavy atom. The lowest BCUT2D eigenvalue weighted by atomic mass is 10.2. The van der Waals surface area contributed by atoms with E-state index in [0.29, 0.717) is 9.90 Å². The average Bonchev–Trinajstić information content (AvgIpc) is 3.09. The monoisotopic (exact) mass is 342 g/mol. The third-order valence-corrected chi connectivity index (χ3v) is 5.81. The summed E-state index contributed by atoms with van der Waals surface area (Å²) in [5, 5.41) is 1.74. The molecule has 2 heterocycles. The Bertz CT molecular complexity index is 903. The minimum absolute atomic E-state index is 0.298. The van der Waals surface area contributed by atoms with Crippen molar-refractivity contribution in [2.45, 2.75) is 4.21 Å². The maximum atomic E-state index is 12.2. The van der Waals surface area contributed by atoms with Crippen molar-refractivity contribution in [1.29, 1.82) is 0 Å². The first kappa shape index (κ1) is 15.5. The summed E-state index contributed by atoms with van der Waals surface area (Å²) in [5.41, 5.74) is 2.26. The van der Waals surface area contributed by atoms with E-state index in [-0.39, 0.29) is 0 Å². The number of benzene rings is 1. The first-order valence-electron chi connectivity index (χ1n) is 6.89. The first-order chi connectivity index (χ1) is 11.1. The molecule has 23 heavy (non-hydrogen) atoms. The second kappa shape index (κ2) is 6.76. The van der Waals surface area contributed by atoms with Crippen molar-refractivity contribution in [2.75, 3.05) is 4.72 Å². The van der Waals surface area contributed by atoms with Crippen molar-refractivity contribution >= 4 is 39.2 Å². The molecule has 0 spiro atoms. The molecule has 1 aromatic carbocycles. The van der Waals surface area contributed by atoms with Gasteiger partial charge in [0.25, 0.3) is 10.0 Å². The first-order valence-corrected chi connectivity index (χ1v) is 9.25. The van der Waals surface area contributed by atoms with Crippen LogP contribution in [-0.2, 0) is 10.0 Å². The van der Waals surface area contributed by atoms with Crippen molar-refractivity contribution < 1.29 is 8.42 Å². The van der Waals surface area contributed by atoms with Gasteiger partial charge in [0, 0.05) is 11.9 Å². The molecule has 1 N–H and O–H groups in total. The number of nitrogens with one attached hydrogen (secondary N) is 1. The Morgan fingerprint density at radius 2 is 1.91 bits per heavy atom. The summed E-state index contributed by atoms with van der Waals surface area (Å²) in [6.07, 6.45) is 5.50. The normalized spacial score (nSPS) is 11.7. The van der Waals surface area contributed by atoms with Gasteiger partial charge in [0.1, 0.15) is 4.21 Å². The van der Waals surface area contributed by atoms with Gasteiger partial charge in [-0.25, -0.2) is 8.42 Å². The standard InChI is InChI=1S/C17H14N2O2S2/c20-23(21,17-8-4-12-22-17)19-16-7-3-5-14(13-16)9-10-15-6-1-2-11-18-15/h1-13,19H/b10-9+. The van der Waals surface area contributed by atoms with Crippen molar-refractivity contribution in [3.63, 3.8) is 0 Å². The lowest BCUT2D eigenvalue weighted by Gasteiger charge is -2.06. The predicted octanol–water partition coefficient (Wildman–Crippen LogP) is 4.11. The molecular formula is C17H14N2O2S2. The molecule has 0 aliphatic heterocycles. The number of sulfonamides is 1. The highest BCUT2D eigenvalue weighted by Crippen LogP contribution is 2.21. The highest BCUT2D eigenvalue weighted by Gasteiger charge is 2.14. The van der Waals surface area contributed by atoms with Crippen LogP contribution in [0.3, 0.4) is 0 Å². The molecule has 0 amide bonds. The Labute approximate surface area is 139 Å². The van der Waals surface area contributed by atoms with Gasteiger partial charge in [-0.15, -0.1) is 11.3 Å². The van der Waals surface area contributed by atoms with Crippen LogP contribution < -0.4 is 4.72 Å². The van der Waals surface area contributed by atoms with Crippen molar-refractivity contribution in [3.8, 4) is 0 Å². The molecule has 6 heteroatoms. The second-order valence-corrected chi connectivity index (χ2v) is 7.61. The molecule has 0 atom stereocenters. The molecule has 3 rings (SSSR count). The Balaban J connectivity index is 1.79. The Morgan fingerprint density at radius 1 is 1.00 bits per heavy atom. The van der Waals surface area contributed by atoms with Gasteiger partial charge in [-0.3, -0.25) is 9.71 Å². The minimum Gasteiger partial charge on any atom is -0.279 e. The third kappa shape index (κ3) is 4.06. The summed E-state index contributed by atoms with van der Waals surface area (Å²) in [7, 11) is -3.52. The average molecular weight is 342 g/mol. The van der Waals surface area contributed by atoms with E-state index in [9.17, 15) is 8.42 Å². The number of nitrogens with zero attached hydrogens (tertiary/aromatic N) is 1. The maximum Gasteiger partial charge on any atom is 0.271 e. The summed E-state index contributed by atoms with van der Waals surface area (Å²) >= 11 is 1.19. The molecular weight excluding hydrogens is 328 g/mol. The van der Waals surface area contributed by atoms with Gasteiger partial charge in [0.15, 0.2) is 0 Å². The van der Waals surface area contributed by atoms with Crippen molar-refractivity contribution in [3.05, 3.63) is 77.4 Å². The highest BCUT2D eigenvalue weighted by atomic mass is 32.2. The van der Waals surface area contributed by atoms with Gasteiger partial charge in [-0.1, -0.05) is 30.3 Å². The summed E-state index contributed by atoms with van der Waals surface area (Å²) in [6, 6.07) is 16.2. The molecule has 0 fully saturated rings. The predicted molar refractivity (Wildman–Crippen MR) is 94.7 cm³/mol. The van der Waals surface area contributed by atoms with E-state index in [0.717, 1.165) is 11.3 Å². The molecule has 4 nitrogen and oxygen atoms in total. The smallest absolute Gasteiger partial charge is 0.271 e. The number of anilines is 1. The van der Waals surface area contributed by atoms with Crippen LogP contribution in [0.2, 0.25) is 0 Å². The topological polar surface area (TPSA) is 59.1 Å². The lowest BCUT2D eigenvalue weighted by molar-refractivity contribution is 0.603.